The average Bonchev–Trinajstić information content (AvgIpc) is 3.11. The summed E-state index contributed by atoms with van der Waals surface area (Å²) in [5, 5.41) is 8.46. The minimum Gasteiger partial charge on any atom is -0.390 e. The van der Waals surface area contributed by atoms with Gasteiger partial charge in [-0.3, -0.25) is 0 Å². The Morgan fingerprint density at radius 3 is 2.61 bits per heavy atom. The maximum Gasteiger partial charge on any atom is 0.318 e. The van der Waals surface area contributed by atoms with E-state index in [9.17, 15) is 4.79 Å². The maximum atomic E-state index is 12.7. The van der Waals surface area contributed by atoms with E-state index in [1.807, 2.05) is 62.4 Å². The van der Waals surface area contributed by atoms with Crippen molar-refractivity contribution in [1.29, 1.82) is 0 Å². The van der Waals surface area contributed by atoms with Gasteiger partial charge in [0.2, 0.25) is 0 Å². The standard InChI is InChI=1S/C21H23Cl2N3O2/c1-14(2)24-21(27)26(12-16-5-3-4-6-19(16)23)13-18-11-20(25-28-18)15-7-9-17(22)10-8-15/h3-10,14,18H,11-13H2,1-2H3,(H,24,27). The number of rotatable bonds is 6. The average molecular weight is 420 g/mol. The Kier molecular flexibility index (Phi) is 6.81. The summed E-state index contributed by atoms with van der Waals surface area (Å²) in [6.45, 7) is 4.66. The molecular formula is C21H23Cl2N3O2. The predicted octanol–water partition coefficient (Wildman–Crippen LogP) is 5.11. The summed E-state index contributed by atoms with van der Waals surface area (Å²) in [4.78, 5) is 20.0. The van der Waals surface area contributed by atoms with Gasteiger partial charge >= 0.3 is 6.03 Å². The molecule has 2 aromatic rings. The summed E-state index contributed by atoms with van der Waals surface area (Å²) in [6, 6.07) is 14.9. The van der Waals surface area contributed by atoms with Gasteiger partial charge in [0.25, 0.3) is 0 Å². The number of hydrogen-bond donors (Lipinski definition) is 1. The molecule has 0 saturated carbocycles. The van der Waals surface area contributed by atoms with Gasteiger partial charge in [0, 0.05) is 29.1 Å². The van der Waals surface area contributed by atoms with Gasteiger partial charge < -0.3 is 15.1 Å². The molecule has 3 rings (SSSR count). The van der Waals surface area contributed by atoms with Gasteiger partial charge in [-0.05, 0) is 43.2 Å². The smallest absolute Gasteiger partial charge is 0.318 e. The summed E-state index contributed by atoms with van der Waals surface area (Å²) in [5.41, 5.74) is 2.71. The van der Waals surface area contributed by atoms with Crippen LogP contribution in [0.25, 0.3) is 0 Å². The fraction of sp³-hybridized carbons (Fsp3) is 0.333. The first kappa shape index (κ1) is 20.5. The second-order valence-corrected chi connectivity index (χ2v) is 7.90. The SMILES string of the molecule is CC(C)NC(=O)N(Cc1ccccc1Cl)CC1CC(c2ccc(Cl)cc2)=NO1. The normalized spacial score (nSPS) is 15.9. The number of urea groups is 1. The second-order valence-electron chi connectivity index (χ2n) is 7.05. The van der Waals surface area contributed by atoms with E-state index < -0.39 is 0 Å². The number of nitrogens with one attached hydrogen (secondary N) is 1. The fourth-order valence-electron chi connectivity index (χ4n) is 2.97. The van der Waals surface area contributed by atoms with Crippen LogP contribution in [0.4, 0.5) is 4.79 Å². The van der Waals surface area contributed by atoms with Crippen molar-refractivity contribution in [2.75, 3.05) is 6.54 Å². The Morgan fingerprint density at radius 1 is 1.21 bits per heavy atom. The molecule has 7 heteroatoms. The van der Waals surface area contributed by atoms with E-state index in [0.717, 1.165) is 16.8 Å². The van der Waals surface area contributed by atoms with Crippen molar-refractivity contribution in [2.45, 2.75) is 39.0 Å². The summed E-state index contributed by atoms with van der Waals surface area (Å²) < 4.78 is 0. The molecule has 1 heterocycles. The van der Waals surface area contributed by atoms with Crippen molar-refractivity contribution in [1.82, 2.24) is 10.2 Å². The van der Waals surface area contributed by atoms with Crippen molar-refractivity contribution in [3.05, 3.63) is 69.7 Å². The van der Waals surface area contributed by atoms with Gasteiger partial charge in [-0.2, -0.15) is 0 Å². The third-order valence-corrected chi connectivity index (χ3v) is 4.97. The van der Waals surface area contributed by atoms with Crippen LogP contribution in [-0.2, 0) is 11.4 Å². The third-order valence-electron chi connectivity index (χ3n) is 4.35. The van der Waals surface area contributed by atoms with E-state index in [0.29, 0.717) is 29.6 Å². The van der Waals surface area contributed by atoms with E-state index in [1.165, 1.54) is 0 Å². The number of oxime groups is 1. The molecule has 28 heavy (non-hydrogen) atoms. The Bertz CT molecular complexity index is 853. The lowest BCUT2D eigenvalue weighted by Crippen LogP contribution is -2.45. The Balaban J connectivity index is 1.68. The van der Waals surface area contributed by atoms with Crippen LogP contribution < -0.4 is 5.32 Å². The number of carbonyl (C=O) groups excluding carboxylic acids is 1. The molecule has 5 nitrogen and oxygen atoms in total. The lowest BCUT2D eigenvalue weighted by Gasteiger charge is -2.26. The lowest BCUT2D eigenvalue weighted by atomic mass is 10.0. The van der Waals surface area contributed by atoms with E-state index in [-0.39, 0.29) is 18.2 Å². The summed E-state index contributed by atoms with van der Waals surface area (Å²) >= 11 is 12.2. The molecule has 0 aromatic heterocycles. The minimum atomic E-state index is -0.217. The van der Waals surface area contributed by atoms with Gasteiger partial charge in [-0.15, -0.1) is 0 Å². The highest BCUT2D eigenvalue weighted by molar-refractivity contribution is 6.31. The monoisotopic (exact) mass is 419 g/mol. The van der Waals surface area contributed by atoms with Crippen LogP contribution in [0.15, 0.2) is 53.7 Å². The topological polar surface area (TPSA) is 53.9 Å². The number of halogens is 2. The molecule has 0 radical (unpaired) electrons. The molecule has 148 valence electrons. The van der Waals surface area contributed by atoms with Crippen LogP contribution in [0.2, 0.25) is 10.0 Å². The van der Waals surface area contributed by atoms with Gasteiger partial charge in [0.05, 0.1) is 12.3 Å². The van der Waals surface area contributed by atoms with Crippen molar-refractivity contribution in [3.63, 3.8) is 0 Å². The molecule has 1 aliphatic heterocycles. The molecule has 1 atom stereocenters. The highest BCUT2D eigenvalue weighted by atomic mass is 35.5. The number of nitrogens with zero attached hydrogens (tertiary/aromatic N) is 2. The summed E-state index contributed by atoms with van der Waals surface area (Å²) in [7, 11) is 0. The quantitative estimate of drug-likeness (QED) is 0.707. The molecule has 0 bridgehead atoms. The molecule has 0 saturated heterocycles. The van der Waals surface area contributed by atoms with Gasteiger partial charge in [-0.25, -0.2) is 4.79 Å². The first-order chi connectivity index (χ1) is 13.4. The van der Waals surface area contributed by atoms with E-state index in [1.54, 1.807) is 4.90 Å². The second kappa shape index (κ2) is 9.30. The summed E-state index contributed by atoms with van der Waals surface area (Å²) in [6.07, 6.45) is 0.404. The lowest BCUT2D eigenvalue weighted by molar-refractivity contribution is 0.0586. The highest BCUT2D eigenvalue weighted by Gasteiger charge is 2.27. The van der Waals surface area contributed by atoms with E-state index in [4.69, 9.17) is 28.0 Å². The zero-order chi connectivity index (χ0) is 20.1. The van der Waals surface area contributed by atoms with E-state index >= 15 is 0 Å². The zero-order valence-electron chi connectivity index (χ0n) is 15.9. The van der Waals surface area contributed by atoms with Crippen molar-refractivity contribution in [2.24, 2.45) is 5.16 Å². The first-order valence-corrected chi connectivity index (χ1v) is 9.95. The highest BCUT2D eigenvalue weighted by Crippen LogP contribution is 2.22. The first-order valence-electron chi connectivity index (χ1n) is 9.20. The number of amides is 2. The Morgan fingerprint density at radius 2 is 1.93 bits per heavy atom. The van der Waals surface area contributed by atoms with Gasteiger partial charge in [-0.1, -0.05) is 58.7 Å². The Labute approximate surface area is 175 Å². The van der Waals surface area contributed by atoms with Gasteiger partial charge in [0.15, 0.2) is 6.10 Å². The van der Waals surface area contributed by atoms with Crippen molar-refractivity contribution < 1.29 is 9.63 Å². The number of hydrogen-bond acceptors (Lipinski definition) is 3. The van der Waals surface area contributed by atoms with Crippen molar-refractivity contribution in [3.8, 4) is 0 Å². The third kappa shape index (κ3) is 5.40. The predicted molar refractivity (Wildman–Crippen MR) is 113 cm³/mol. The molecule has 0 spiro atoms. The number of benzene rings is 2. The number of carbonyl (C=O) groups is 1. The van der Waals surface area contributed by atoms with Crippen LogP contribution in [-0.4, -0.2) is 35.3 Å². The van der Waals surface area contributed by atoms with Crippen molar-refractivity contribution >= 4 is 34.9 Å². The molecule has 0 aliphatic carbocycles. The minimum absolute atomic E-state index is 0.0339. The van der Waals surface area contributed by atoms with Gasteiger partial charge in [0.1, 0.15) is 0 Å². The molecule has 1 aliphatic rings. The van der Waals surface area contributed by atoms with Crippen LogP contribution >= 0.6 is 23.2 Å². The van der Waals surface area contributed by atoms with E-state index in [2.05, 4.69) is 10.5 Å². The maximum absolute atomic E-state index is 12.7. The molecule has 1 N–H and O–H groups in total. The van der Waals surface area contributed by atoms with Crippen LogP contribution in [0.3, 0.4) is 0 Å². The zero-order valence-corrected chi connectivity index (χ0v) is 17.4. The largest absolute Gasteiger partial charge is 0.390 e. The fourth-order valence-corrected chi connectivity index (χ4v) is 3.30. The van der Waals surface area contributed by atoms with Crippen LogP contribution in [0.1, 0.15) is 31.4 Å². The molecule has 1 unspecified atom stereocenters. The molecule has 0 fully saturated rings. The van der Waals surface area contributed by atoms with Crippen LogP contribution in [0.5, 0.6) is 0 Å². The molecular weight excluding hydrogens is 397 g/mol. The summed E-state index contributed by atoms with van der Waals surface area (Å²) in [5.74, 6) is 0. The Hall–Kier alpha value is -2.24. The molecule has 2 amide bonds. The molecule has 2 aromatic carbocycles. The van der Waals surface area contributed by atoms with Crippen LogP contribution in [0, 0.1) is 0 Å².